The Bertz CT molecular complexity index is 444. The normalized spacial score (nSPS) is 25.9. The average molecular weight is 285 g/mol. The van der Waals surface area contributed by atoms with Crippen LogP contribution < -0.4 is 10.6 Å². The fourth-order valence-electron chi connectivity index (χ4n) is 2.63. The van der Waals surface area contributed by atoms with Crippen LogP contribution in [0.5, 0.6) is 0 Å². The zero-order chi connectivity index (χ0) is 12.5. The average Bonchev–Trinajstić information content (AvgIpc) is 2.87. The molecule has 0 radical (unpaired) electrons. The Morgan fingerprint density at radius 1 is 1.53 bits per heavy atom. The molecule has 2 atom stereocenters. The van der Waals surface area contributed by atoms with E-state index in [4.69, 9.17) is 0 Å². The lowest BCUT2D eigenvalue weighted by Crippen LogP contribution is -2.35. The maximum Gasteiger partial charge on any atom is 0.225 e. The van der Waals surface area contributed by atoms with E-state index in [9.17, 15) is 4.79 Å². The molecule has 1 aromatic rings. The highest BCUT2D eigenvalue weighted by Crippen LogP contribution is 2.30. The van der Waals surface area contributed by atoms with Gasteiger partial charge in [-0.1, -0.05) is 0 Å². The highest BCUT2D eigenvalue weighted by molar-refractivity contribution is 5.85. The molecule has 0 aromatic carbocycles. The first-order valence-electron chi connectivity index (χ1n) is 6.71. The van der Waals surface area contributed by atoms with E-state index in [1.807, 2.05) is 19.4 Å². The van der Waals surface area contributed by atoms with E-state index >= 15 is 0 Å². The van der Waals surface area contributed by atoms with Gasteiger partial charge in [0.15, 0.2) is 0 Å². The summed E-state index contributed by atoms with van der Waals surface area (Å²) in [5, 5.41) is 10.6. The zero-order valence-electron chi connectivity index (χ0n) is 11.1. The van der Waals surface area contributed by atoms with Crippen LogP contribution in [0.3, 0.4) is 0 Å². The molecule has 0 unspecified atom stereocenters. The van der Waals surface area contributed by atoms with Gasteiger partial charge in [0, 0.05) is 38.8 Å². The maximum absolute atomic E-state index is 12.2. The third-order valence-corrected chi connectivity index (χ3v) is 3.97. The lowest BCUT2D eigenvalue weighted by Gasteiger charge is -2.16. The Balaban J connectivity index is 0.00000133. The van der Waals surface area contributed by atoms with Crippen LogP contribution in [0.1, 0.15) is 24.3 Å². The van der Waals surface area contributed by atoms with E-state index in [1.54, 1.807) is 4.68 Å². The number of amides is 1. The van der Waals surface area contributed by atoms with Gasteiger partial charge in [0.2, 0.25) is 5.91 Å². The van der Waals surface area contributed by atoms with Crippen molar-refractivity contribution in [3.63, 3.8) is 0 Å². The van der Waals surface area contributed by atoms with Crippen molar-refractivity contribution in [2.75, 3.05) is 19.6 Å². The predicted molar refractivity (Wildman–Crippen MR) is 75.3 cm³/mol. The van der Waals surface area contributed by atoms with Crippen molar-refractivity contribution in [3.05, 3.63) is 18.0 Å². The molecule has 0 spiro atoms. The standard InChI is InChI=1S/C13H20N4O.ClH/c1-17-8-10(5-16-17)11-6-14-7-12(11)13(18)15-4-9-2-3-9;/h5,8-9,11-12,14H,2-4,6-7H2,1H3,(H,15,18);1H/t11-,12+;/m1./s1. The fourth-order valence-corrected chi connectivity index (χ4v) is 2.63. The van der Waals surface area contributed by atoms with Crippen molar-refractivity contribution in [1.29, 1.82) is 0 Å². The molecule has 0 bridgehead atoms. The number of aryl methyl sites for hydroxylation is 1. The van der Waals surface area contributed by atoms with Gasteiger partial charge in [-0.25, -0.2) is 0 Å². The van der Waals surface area contributed by atoms with Crippen molar-refractivity contribution in [1.82, 2.24) is 20.4 Å². The molecule has 1 aliphatic heterocycles. The summed E-state index contributed by atoms with van der Waals surface area (Å²) in [5.41, 5.74) is 1.16. The third-order valence-electron chi connectivity index (χ3n) is 3.97. The summed E-state index contributed by atoms with van der Waals surface area (Å²) in [6, 6.07) is 0. The van der Waals surface area contributed by atoms with E-state index in [1.165, 1.54) is 12.8 Å². The molecular weight excluding hydrogens is 264 g/mol. The van der Waals surface area contributed by atoms with E-state index in [0.717, 1.165) is 31.1 Å². The van der Waals surface area contributed by atoms with Gasteiger partial charge in [0.05, 0.1) is 12.1 Å². The molecule has 3 rings (SSSR count). The van der Waals surface area contributed by atoms with Gasteiger partial charge in [0.1, 0.15) is 0 Å². The molecule has 1 aliphatic carbocycles. The predicted octanol–water partition coefficient (Wildman–Crippen LogP) is 0.671. The van der Waals surface area contributed by atoms with Crippen LogP contribution >= 0.6 is 12.4 Å². The van der Waals surface area contributed by atoms with Crippen molar-refractivity contribution >= 4 is 18.3 Å². The SMILES string of the molecule is Cl.Cn1cc([C@H]2CNC[C@@H]2C(=O)NCC2CC2)cn1. The summed E-state index contributed by atoms with van der Waals surface area (Å²) in [7, 11) is 1.91. The quantitative estimate of drug-likeness (QED) is 0.854. The van der Waals surface area contributed by atoms with Gasteiger partial charge in [0.25, 0.3) is 0 Å². The molecule has 2 aliphatic rings. The largest absolute Gasteiger partial charge is 0.356 e. The summed E-state index contributed by atoms with van der Waals surface area (Å²) in [6.45, 7) is 2.50. The van der Waals surface area contributed by atoms with Crippen LogP contribution in [0.2, 0.25) is 0 Å². The van der Waals surface area contributed by atoms with Crippen LogP contribution in [-0.4, -0.2) is 35.3 Å². The van der Waals surface area contributed by atoms with Crippen LogP contribution in [0.15, 0.2) is 12.4 Å². The van der Waals surface area contributed by atoms with E-state index in [2.05, 4.69) is 15.7 Å². The first-order valence-corrected chi connectivity index (χ1v) is 6.71. The van der Waals surface area contributed by atoms with Gasteiger partial charge in [-0.15, -0.1) is 12.4 Å². The minimum absolute atomic E-state index is 0. The number of halogens is 1. The Kier molecular flexibility index (Phi) is 4.47. The third kappa shape index (κ3) is 3.28. The molecule has 1 saturated heterocycles. The number of nitrogens with zero attached hydrogens (tertiary/aromatic N) is 2. The van der Waals surface area contributed by atoms with Crippen molar-refractivity contribution in [2.45, 2.75) is 18.8 Å². The first-order chi connectivity index (χ1) is 8.74. The summed E-state index contributed by atoms with van der Waals surface area (Å²) in [6.07, 6.45) is 6.43. The second-order valence-corrected chi connectivity index (χ2v) is 5.51. The van der Waals surface area contributed by atoms with Crippen LogP contribution in [0.4, 0.5) is 0 Å². The molecule has 1 saturated carbocycles. The summed E-state index contributed by atoms with van der Waals surface area (Å²) in [4.78, 5) is 12.2. The monoisotopic (exact) mass is 284 g/mol. The summed E-state index contributed by atoms with van der Waals surface area (Å²) < 4.78 is 1.80. The van der Waals surface area contributed by atoms with Crippen molar-refractivity contribution in [3.8, 4) is 0 Å². The molecule has 1 amide bonds. The Morgan fingerprint density at radius 2 is 2.32 bits per heavy atom. The van der Waals surface area contributed by atoms with E-state index < -0.39 is 0 Å². The number of hydrogen-bond donors (Lipinski definition) is 2. The number of hydrogen-bond acceptors (Lipinski definition) is 3. The van der Waals surface area contributed by atoms with Crippen LogP contribution in [0.25, 0.3) is 0 Å². The Hall–Kier alpha value is -1.07. The lowest BCUT2D eigenvalue weighted by molar-refractivity contribution is -0.124. The first kappa shape index (κ1) is 14.3. The van der Waals surface area contributed by atoms with Gasteiger partial charge in [-0.05, 0) is 24.3 Å². The van der Waals surface area contributed by atoms with Gasteiger partial charge in [-0.2, -0.15) is 5.10 Å². The van der Waals surface area contributed by atoms with E-state index in [0.29, 0.717) is 0 Å². The van der Waals surface area contributed by atoms with Gasteiger partial charge < -0.3 is 10.6 Å². The van der Waals surface area contributed by atoms with Gasteiger partial charge >= 0.3 is 0 Å². The molecule has 1 aromatic heterocycles. The smallest absolute Gasteiger partial charge is 0.225 e. The number of nitrogens with one attached hydrogen (secondary N) is 2. The minimum Gasteiger partial charge on any atom is -0.356 e. The molecule has 106 valence electrons. The zero-order valence-corrected chi connectivity index (χ0v) is 11.9. The highest BCUT2D eigenvalue weighted by atomic mass is 35.5. The maximum atomic E-state index is 12.2. The fraction of sp³-hybridized carbons (Fsp3) is 0.692. The molecule has 2 N–H and O–H groups in total. The molecular formula is C13H21ClN4O. The highest BCUT2D eigenvalue weighted by Gasteiger charge is 2.35. The molecule has 2 fully saturated rings. The Labute approximate surface area is 119 Å². The van der Waals surface area contributed by atoms with E-state index in [-0.39, 0.29) is 30.2 Å². The second kappa shape index (κ2) is 5.92. The topological polar surface area (TPSA) is 59.0 Å². The van der Waals surface area contributed by atoms with Crippen LogP contribution in [0, 0.1) is 11.8 Å². The number of rotatable bonds is 4. The van der Waals surface area contributed by atoms with Gasteiger partial charge in [-0.3, -0.25) is 9.48 Å². The second-order valence-electron chi connectivity index (χ2n) is 5.51. The van der Waals surface area contributed by atoms with Crippen molar-refractivity contribution < 1.29 is 4.79 Å². The molecule has 2 heterocycles. The summed E-state index contributed by atoms with van der Waals surface area (Å²) >= 11 is 0. The number of aromatic nitrogens is 2. The number of carbonyl (C=O) groups is 1. The molecule has 5 nitrogen and oxygen atoms in total. The van der Waals surface area contributed by atoms with Crippen molar-refractivity contribution in [2.24, 2.45) is 18.9 Å². The van der Waals surface area contributed by atoms with Crippen LogP contribution in [-0.2, 0) is 11.8 Å². The molecule has 19 heavy (non-hydrogen) atoms. The molecule has 6 heteroatoms. The lowest BCUT2D eigenvalue weighted by atomic mass is 9.90. The summed E-state index contributed by atoms with van der Waals surface area (Å²) in [5.74, 6) is 1.24. The number of carbonyl (C=O) groups excluding carboxylic acids is 1. The minimum atomic E-state index is 0. The Morgan fingerprint density at radius 3 is 2.95 bits per heavy atom.